The molecule has 3 nitrogen and oxygen atoms in total. The van der Waals surface area contributed by atoms with Crippen molar-refractivity contribution in [3.63, 3.8) is 0 Å². The van der Waals surface area contributed by atoms with Crippen LogP contribution in [0.2, 0.25) is 0 Å². The maximum Gasteiger partial charge on any atom is 0.219 e. The van der Waals surface area contributed by atoms with Gasteiger partial charge in [0.15, 0.2) is 0 Å². The zero-order valence-corrected chi connectivity index (χ0v) is 12.0. The fourth-order valence-electron chi connectivity index (χ4n) is 2.58. The van der Waals surface area contributed by atoms with Crippen LogP contribution >= 0.6 is 11.8 Å². The van der Waals surface area contributed by atoms with E-state index in [1.807, 2.05) is 37.4 Å². The third-order valence-corrected chi connectivity index (χ3v) is 4.99. The minimum absolute atomic E-state index is 0.0505. The van der Waals surface area contributed by atoms with Crippen LogP contribution in [0.15, 0.2) is 30.3 Å². The average Bonchev–Trinajstić information content (AvgIpc) is 2.78. The molecule has 1 aliphatic rings. The van der Waals surface area contributed by atoms with E-state index in [1.165, 1.54) is 11.8 Å². The number of carbonyl (C=O) groups excluding carboxylic acids is 1. The van der Waals surface area contributed by atoms with Gasteiger partial charge in [0.2, 0.25) is 5.12 Å². The molecule has 1 aliphatic carbocycles. The van der Waals surface area contributed by atoms with Gasteiger partial charge in [-0.15, -0.1) is 0 Å². The van der Waals surface area contributed by atoms with E-state index in [-0.39, 0.29) is 16.5 Å². The summed E-state index contributed by atoms with van der Waals surface area (Å²) in [6, 6.07) is 9.30. The van der Waals surface area contributed by atoms with Crippen LogP contribution in [-0.2, 0) is 0 Å². The van der Waals surface area contributed by atoms with E-state index < -0.39 is 0 Å². The summed E-state index contributed by atoms with van der Waals surface area (Å²) in [5.41, 5.74) is 0.721. The molecule has 104 valence electrons. The van der Waals surface area contributed by atoms with Crippen LogP contribution in [0.4, 0.5) is 0 Å². The molecule has 0 heterocycles. The predicted octanol–water partition coefficient (Wildman–Crippen LogP) is 2.31. The molecule has 0 radical (unpaired) electrons. The lowest BCUT2D eigenvalue weighted by Gasteiger charge is -2.18. The van der Waals surface area contributed by atoms with Crippen LogP contribution in [0, 0.1) is 5.92 Å². The summed E-state index contributed by atoms with van der Waals surface area (Å²) in [6.07, 6.45) is 2.57. The molecule has 1 fully saturated rings. The van der Waals surface area contributed by atoms with Crippen molar-refractivity contribution in [3.05, 3.63) is 35.9 Å². The number of carbonyl (C=O) groups is 1. The predicted molar refractivity (Wildman–Crippen MR) is 79.4 cm³/mol. The number of aliphatic hydroxyl groups excluding tert-OH is 1. The molecule has 0 amide bonds. The first-order chi connectivity index (χ1) is 9.22. The third-order valence-electron chi connectivity index (χ3n) is 3.72. The average molecular weight is 279 g/mol. The smallest absolute Gasteiger partial charge is 0.219 e. The Morgan fingerprint density at radius 1 is 1.37 bits per heavy atom. The molecule has 0 bridgehead atoms. The minimum atomic E-state index is -0.356. The van der Waals surface area contributed by atoms with Gasteiger partial charge in [0, 0.05) is 10.8 Å². The highest BCUT2D eigenvalue weighted by atomic mass is 32.2. The second kappa shape index (κ2) is 7.08. The van der Waals surface area contributed by atoms with Crippen molar-refractivity contribution in [2.24, 2.45) is 5.92 Å². The summed E-state index contributed by atoms with van der Waals surface area (Å²) in [5, 5.41) is 13.5. The monoisotopic (exact) mass is 279 g/mol. The van der Waals surface area contributed by atoms with Gasteiger partial charge in [-0.1, -0.05) is 42.1 Å². The molecule has 3 atom stereocenters. The lowest BCUT2D eigenvalue weighted by atomic mass is 10.0. The molecule has 2 rings (SSSR count). The molecule has 0 aliphatic heterocycles. The van der Waals surface area contributed by atoms with Gasteiger partial charge in [0.25, 0.3) is 0 Å². The number of hydrogen-bond acceptors (Lipinski definition) is 4. The Hall–Kier alpha value is -0.840. The molecule has 0 unspecified atom stereocenters. The molecule has 1 aromatic rings. The number of aliphatic hydroxyl groups is 1. The Morgan fingerprint density at radius 3 is 2.79 bits per heavy atom. The Kier molecular flexibility index (Phi) is 5.43. The van der Waals surface area contributed by atoms with Gasteiger partial charge >= 0.3 is 0 Å². The Bertz CT molecular complexity index is 410. The molecular weight excluding hydrogens is 258 g/mol. The normalized spacial score (nSPS) is 26.5. The summed E-state index contributed by atoms with van der Waals surface area (Å²) >= 11 is 1.30. The van der Waals surface area contributed by atoms with Gasteiger partial charge in [0.1, 0.15) is 0 Å². The largest absolute Gasteiger partial charge is 0.392 e. The lowest BCUT2D eigenvalue weighted by molar-refractivity contribution is 0.107. The Balaban J connectivity index is 1.88. The molecule has 1 saturated carbocycles. The van der Waals surface area contributed by atoms with Gasteiger partial charge in [-0.2, -0.15) is 0 Å². The number of nitrogens with one attached hydrogen (secondary N) is 1. The Morgan fingerprint density at radius 2 is 2.11 bits per heavy atom. The van der Waals surface area contributed by atoms with Crippen LogP contribution in [0.5, 0.6) is 0 Å². The van der Waals surface area contributed by atoms with Crippen molar-refractivity contribution in [1.82, 2.24) is 5.32 Å². The SMILES string of the molecule is CNCC[C@@H]1CC[C@@H](SC(=O)c2ccccc2)[C@@H]1O. The standard InChI is InChI=1S/C15H21NO2S/c1-16-10-9-11-7-8-13(14(11)17)19-15(18)12-5-3-2-4-6-12/h2-6,11,13-14,16-17H,7-10H2,1H3/t11-,13+,14+/m0/s1. The third kappa shape index (κ3) is 3.81. The van der Waals surface area contributed by atoms with Gasteiger partial charge in [-0.05, 0) is 38.8 Å². The van der Waals surface area contributed by atoms with Crippen LogP contribution in [-0.4, -0.2) is 35.2 Å². The van der Waals surface area contributed by atoms with Crippen molar-refractivity contribution in [3.8, 4) is 0 Å². The van der Waals surface area contributed by atoms with Crippen molar-refractivity contribution in [2.45, 2.75) is 30.6 Å². The van der Waals surface area contributed by atoms with E-state index in [0.29, 0.717) is 5.92 Å². The first-order valence-corrected chi connectivity index (χ1v) is 7.69. The number of hydrogen-bond donors (Lipinski definition) is 2. The second-order valence-electron chi connectivity index (χ2n) is 5.03. The maximum atomic E-state index is 12.1. The first-order valence-electron chi connectivity index (χ1n) is 6.81. The summed E-state index contributed by atoms with van der Waals surface area (Å²) in [7, 11) is 1.92. The fourth-order valence-corrected chi connectivity index (χ4v) is 3.74. The molecule has 0 aromatic heterocycles. The van der Waals surface area contributed by atoms with E-state index in [2.05, 4.69) is 5.32 Å². The van der Waals surface area contributed by atoms with Gasteiger partial charge < -0.3 is 10.4 Å². The molecule has 1 aromatic carbocycles. The maximum absolute atomic E-state index is 12.1. The van der Waals surface area contributed by atoms with E-state index >= 15 is 0 Å². The van der Waals surface area contributed by atoms with Crippen molar-refractivity contribution in [2.75, 3.05) is 13.6 Å². The lowest BCUT2D eigenvalue weighted by Crippen LogP contribution is -2.26. The quantitative estimate of drug-likeness (QED) is 0.868. The number of rotatable bonds is 5. The molecule has 19 heavy (non-hydrogen) atoms. The second-order valence-corrected chi connectivity index (χ2v) is 6.24. The number of thioether (sulfide) groups is 1. The minimum Gasteiger partial charge on any atom is -0.392 e. The highest BCUT2D eigenvalue weighted by Crippen LogP contribution is 2.37. The van der Waals surface area contributed by atoms with E-state index in [0.717, 1.165) is 31.4 Å². The van der Waals surface area contributed by atoms with Crippen LogP contribution in [0.3, 0.4) is 0 Å². The zero-order valence-electron chi connectivity index (χ0n) is 11.2. The molecule has 4 heteroatoms. The Labute approximate surface area is 118 Å². The fraction of sp³-hybridized carbons (Fsp3) is 0.533. The van der Waals surface area contributed by atoms with E-state index in [4.69, 9.17) is 0 Å². The zero-order chi connectivity index (χ0) is 13.7. The summed E-state index contributed by atoms with van der Waals surface area (Å²) in [5.74, 6) is 0.327. The molecule has 0 saturated heterocycles. The van der Waals surface area contributed by atoms with Crippen molar-refractivity contribution in [1.29, 1.82) is 0 Å². The van der Waals surface area contributed by atoms with Gasteiger partial charge in [0.05, 0.1) is 6.10 Å². The highest BCUT2D eigenvalue weighted by Gasteiger charge is 2.36. The van der Waals surface area contributed by atoms with Gasteiger partial charge in [-0.25, -0.2) is 0 Å². The van der Waals surface area contributed by atoms with Crippen molar-refractivity contribution >= 4 is 16.9 Å². The molecule has 0 spiro atoms. The molecular formula is C15H21NO2S. The molecule has 2 N–H and O–H groups in total. The number of benzene rings is 1. The van der Waals surface area contributed by atoms with Gasteiger partial charge in [-0.3, -0.25) is 4.79 Å². The summed E-state index contributed by atoms with van der Waals surface area (Å²) in [4.78, 5) is 12.1. The van der Waals surface area contributed by atoms with Crippen molar-refractivity contribution < 1.29 is 9.90 Å². The highest BCUT2D eigenvalue weighted by molar-refractivity contribution is 8.14. The topological polar surface area (TPSA) is 49.3 Å². The van der Waals surface area contributed by atoms with Crippen LogP contribution < -0.4 is 5.32 Å². The van der Waals surface area contributed by atoms with Crippen LogP contribution in [0.25, 0.3) is 0 Å². The summed E-state index contributed by atoms with van der Waals surface area (Å²) < 4.78 is 0. The first kappa shape index (κ1) is 14.6. The van der Waals surface area contributed by atoms with E-state index in [1.54, 1.807) is 0 Å². The summed E-state index contributed by atoms with van der Waals surface area (Å²) in [6.45, 7) is 0.922. The van der Waals surface area contributed by atoms with Crippen LogP contribution in [0.1, 0.15) is 29.6 Å². The van der Waals surface area contributed by atoms with E-state index in [9.17, 15) is 9.90 Å².